The Morgan fingerprint density at radius 1 is 1.00 bits per heavy atom. The zero-order chi connectivity index (χ0) is 18.1. The molecule has 0 unspecified atom stereocenters. The summed E-state index contributed by atoms with van der Waals surface area (Å²) in [5.74, 6) is 0.533. The van der Waals surface area contributed by atoms with Gasteiger partial charge in [-0.15, -0.1) is 0 Å². The van der Waals surface area contributed by atoms with E-state index < -0.39 is 0 Å². The summed E-state index contributed by atoms with van der Waals surface area (Å²) in [4.78, 5) is 20.4. The van der Waals surface area contributed by atoms with Gasteiger partial charge >= 0.3 is 0 Å². The number of furan rings is 1. The van der Waals surface area contributed by atoms with E-state index >= 15 is 0 Å². The van der Waals surface area contributed by atoms with Crippen LogP contribution in [0.5, 0.6) is 0 Å². The van der Waals surface area contributed by atoms with Gasteiger partial charge in [-0.2, -0.15) is 0 Å². The Morgan fingerprint density at radius 3 is 2.50 bits per heavy atom. The fourth-order valence-electron chi connectivity index (χ4n) is 2.67. The van der Waals surface area contributed by atoms with Crippen LogP contribution in [0.15, 0.2) is 59.3 Å². The average Bonchev–Trinajstić information content (AvgIpc) is 3.03. The van der Waals surface area contributed by atoms with Crippen LogP contribution in [0, 0.1) is 5.92 Å². The number of amides is 1. The molecule has 26 heavy (non-hydrogen) atoms. The second-order valence-corrected chi connectivity index (χ2v) is 6.34. The number of carbonyl (C=O) groups is 1. The van der Waals surface area contributed by atoms with Crippen molar-refractivity contribution in [3.05, 3.63) is 54.9 Å². The van der Waals surface area contributed by atoms with Gasteiger partial charge in [-0.1, -0.05) is 26.0 Å². The average molecular weight is 346 g/mol. The molecule has 0 saturated heterocycles. The van der Waals surface area contributed by atoms with E-state index in [1.54, 1.807) is 0 Å². The summed E-state index contributed by atoms with van der Waals surface area (Å²) in [5.41, 5.74) is 3.77. The van der Waals surface area contributed by atoms with Crippen molar-refractivity contribution in [2.24, 2.45) is 5.92 Å². The molecule has 6 heteroatoms. The second kappa shape index (κ2) is 6.48. The van der Waals surface area contributed by atoms with Crippen LogP contribution < -0.4 is 10.6 Å². The number of para-hydroxylation sites is 1. The molecule has 0 aliphatic heterocycles. The highest BCUT2D eigenvalue weighted by molar-refractivity contribution is 6.05. The number of anilines is 3. The summed E-state index contributed by atoms with van der Waals surface area (Å²) in [5, 5.41) is 7.08. The van der Waals surface area contributed by atoms with E-state index in [4.69, 9.17) is 4.42 Å². The van der Waals surface area contributed by atoms with Crippen molar-refractivity contribution < 1.29 is 9.21 Å². The minimum Gasteiger partial charge on any atom is -0.450 e. The summed E-state index contributed by atoms with van der Waals surface area (Å²) < 4.78 is 5.91. The topological polar surface area (TPSA) is 80.0 Å². The maximum Gasteiger partial charge on any atom is 0.226 e. The monoisotopic (exact) mass is 346 g/mol. The fourth-order valence-corrected chi connectivity index (χ4v) is 2.67. The van der Waals surface area contributed by atoms with E-state index in [2.05, 4.69) is 20.6 Å². The van der Waals surface area contributed by atoms with Crippen molar-refractivity contribution in [2.45, 2.75) is 13.8 Å². The molecule has 4 aromatic rings. The van der Waals surface area contributed by atoms with Crippen LogP contribution >= 0.6 is 0 Å². The maximum absolute atomic E-state index is 11.8. The van der Waals surface area contributed by atoms with Gasteiger partial charge in [-0.05, 0) is 36.4 Å². The van der Waals surface area contributed by atoms with Gasteiger partial charge in [-0.25, -0.2) is 9.97 Å². The highest BCUT2D eigenvalue weighted by atomic mass is 16.3. The number of fused-ring (bicyclic) bond motifs is 3. The lowest BCUT2D eigenvalue weighted by molar-refractivity contribution is -0.118. The predicted octanol–water partition coefficient (Wildman–Crippen LogP) is 4.71. The SMILES string of the molecule is CC(C)C(=O)Nc1ccc(Nc2ncnc3c2oc2ccccc23)cc1. The molecule has 0 atom stereocenters. The van der Waals surface area contributed by atoms with Crippen LogP contribution in [0.4, 0.5) is 17.2 Å². The van der Waals surface area contributed by atoms with Crippen LogP contribution in [0.1, 0.15) is 13.8 Å². The number of hydrogen-bond donors (Lipinski definition) is 2. The van der Waals surface area contributed by atoms with Crippen LogP contribution in [0.3, 0.4) is 0 Å². The van der Waals surface area contributed by atoms with Gasteiger partial charge in [0.25, 0.3) is 0 Å². The van der Waals surface area contributed by atoms with E-state index in [9.17, 15) is 4.79 Å². The maximum atomic E-state index is 11.8. The number of hydrogen-bond acceptors (Lipinski definition) is 5. The molecule has 0 fully saturated rings. The molecular weight excluding hydrogens is 328 g/mol. The third kappa shape index (κ3) is 2.97. The zero-order valence-electron chi connectivity index (χ0n) is 14.5. The smallest absolute Gasteiger partial charge is 0.226 e. The standard InChI is InChI=1S/C20H18N4O2/c1-12(2)20(25)24-14-9-7-13(8-10-14)23-19-18-17(21-11-22-19)15-5-3-4-6-16(15)26-18/h3-12H,1-2H3,(H,24,25)(H,21,22,23). The first-order chi connectivity index (χ1) is 12.6. The molecule has 2 aromatic carbocycles. The highest BCUT2D eigenvalue weighted by Gasteiger charge is 2.13. The molecule has 2 heterocycles. The summed E-state index contributed by atoms with van der Waals surface area (Å²) in [6.07, 6.45) is 1.52. The summed E-state index contributed by atoms with van der Waals surface area (Å²) >= 11 is 0. The number of nitrogens with zero attached hydrogens (tertiary/aromatic N) is 2. The van der Waals surface area contributed by atoms with E-state index in [1.165, 1.54) is 6.33 Å². The van der Waals surface area contributed by atoms with Crippen molar-refractivity contribution in [1.82, 2.24) is 9.97 Å². The van der Waals surface area contributed by atoms with Gasteiger partial charge in [0.1, 0.15) is 17.4 Å². The summed E-state index contributed by atoms with van der Waals surface area (Å²) in [6, 6.07) is 15.2. The number of aromatic nitrogens is 2. The molecule has 0 bridgehead atoms. The lowest BCUT2D eigenvalue weighted by atomic mass is 10.2. The Morgan fingerprint density at radius 2 is 1.73 bits per heavy atom. The lowest BCUT2D eigenvalue weighted by Crippen LogP contribution is -2.17. The Balaban J connectivity index is 1.62. The largest absolute Gasteiger partial charge is 0.450 e. The quantitative estimate of drug-likeness (QED) is 0.559. The summed E-state index contributed by atoms with van der Waals surface area (Å²) in [6.45, 7) is 3.72. The van der Waals surface area contributed by atoms with E-state index in [1.807, 2.05) is 62.4 Å². The number of carbonyl (C=O) groups excluding carboxylic acids is 1. The highest BCUT2D eigenvalue weighted by Crippen LogP contribution is 2.31. The molecular formula is C20H18N4O2. The molecule has 6 nitrogen and oxygen atoms in total. The third-order valence-corrected chi connectivity index (χ3v) is 4.10. The first-order valence-corrected chi connectivity index (χ1v) is 8.42. The van der Waals surface area contributed by atoms with Crippen molar-refractivity contribution in [3.63, 3.8) is 0 Å². The normalized spacial score (nSPS) is 11.2. The third-order valence-electron chi connectivity index (χ3n) is 4.10. The Hall–Kier alpha value is -3.41. The minimum absolute atomic E-state index is 0.00880. The molecule has 1 amide bonds. The van der Waals surface area contributed by atoms with Gasteiger partial charge in [0.05, 0.1) is 0 Å². The van der Waals surface area contributed by atoms with Gasteiger partial charge in [0, 0.05) is 22.7 Å². The number of rotatable bonds is 4. The van der Waals surface area contributed by atoms with E-state index in [0.29, 0.717) is 11.4 Å². The van der Waals surface area contributed by atoms with Crippen LogP contribution in [-0.4, -0.2) is 15.9 Å². The van der Waals surface area contributed by atoms with Crippen molar-refractivity contribution in [3.8, 4) is 0 Å². The van der Waals surface area contributed by atoms with E-state index in [-0.39, 0.29) is 11.8 Å². The van der Waals surface area contributed by atoms with E-state index in [0.717, 1.165) is 27.9 Å². The van der Waals surface area contributed by atoms with Crippen LogP contribution in [0.25, 0.3) is 22.1 Å². The second-order valence-electron chi connectivity index (χ2n) is 6.34. The Kier molecular flexibility index (Phi) is 4.01. The van der Waals surface area contributed by atoms with Gasteiger partial charge < -0.3 is 15.1 Å². The lowest BCUT2D eigenvalue weighted by Gasteiger charge is -2.09. The van der Waals surface area contributed by atoms with Crippen LogP contribution in [-0.2, 0) is 4.79 Å². The fraction of sp³-hybridized carbons (Fsp3) is 0.150. The molecule has 4 rings (SSSR count). The Labute approximate surface area is 150 Å². The zero-order valence-corrected chi connectivity index (χ0v) is 14.5. The van der Waals surface area contributed by atoms with Crippen molar-refractivity contribution in [2.75, 3.05) is 10.6 Å². The van der Waals surface area contributed by atoms with Crippen LogP contribution in [0.2, 0.25) is 0 Å². The molecule has 0 aliphatic rings. The number of benzene rings is 2. The minimum atomic E-state index is -0.0600. The first-order valence-electron chi connectivity index (χ1n) is 8.42. The molecule has 2 aromatic heterocycles. The molecule has 0 saturated carbocycles. The van der Waals surface area contributed by atoms with Gasteiger partial charge in [-0.3, -0.25) is 4.79 Å². The van der Waals surface area contributed by atoms with Crippen molar-refractivity contribution in [1.29, 1.82) is 0 Å². The molecule has 0 radical (unpaired) electrons. The molecule has 2 N–H and O–H groups in total. The molecule has 0 spiro atoms. The van der Waals surface area contributed by atoms with Crippen molar-refractivity contribution >= 4 is 45.2 Å². The Bertz CT molecular complexity index is 1080. The van der Waals surface area contributed by atoms with Gasteiger partial charge in [0.2, 0.25) is 5.91 Å². The molecule has 130 valence electrons. The molecule has 0 aliphatic carbocycles. The predicted molar refractivity (Wildman–Crippen MR) is 103 cm³/mol. The number of nitrogens with one attached hydrogen (secondary N) is 2. The first kappa shape index (κ1) is 16.1. The summed E-state index contributed by atoms with van der Waals surface area (Å²) in [7, 11) is 0. The van der Waals surface area contributed by atoms with Gasteiger partial charge in [0.15, 0.2) is 11.4 Å².